The second-order valence-corrected chi connectivity index (χ2v) is 7.35. The lowest BCUT2D eigenvalue weighted by Gasteiger charge is -2.28. The number of halogens is 1. The largest absolute Gasteiger partial charge is 0.443 e. The monoisotopic (exact) mass is 376 g/mol. The van der Waals surface area contributed by atoms with Gasteiger partial charge >= 0.3 is 6.09 Å². The highest BCUT2D eigenvalue weighted by atomic mass is 79.9. The van der Waals surface area contributed by atoms with Gasteiger partial charge in [0.15, 0.2) is 0 Å². The maximum absolute atomic E-state index is 12.8. The van der Waals surface area contributed by atoms with E-state index in [1.165, 1.54) is 4.90 Å². The molecule has 0 radical (unpaired) electrons. The minimum absolute atomic E-state index is 0.443. The molecular formula is C18H21BrN2O2. The Balaban J connectivity index is 2.53. The van der Waals surface area contributed by atoms with Gasteiger partial charge in [-0.15, -0.1) is 0 Å². The number of rotatable bonds is 2. The topological polar surface area (TPSA) is 42.4 Å². The molecule has 1 heterocycles. The van der Waals surface area contributed by atoms with Gasteiger partial charge in [0.1, 0.15) is 11.4 Å². The van der Waals surface area contributed by atoms with Crippen LogP contribution in [0.4, 0.5) is 16.3 Å². The van der Waals surface area contributed by atoms with E-state index in [1.54, 1.807) is 6.20 Å². The molecule has 0 aliphatic carbocycles. The van der Waals surface area contributed by atoms with E-state index in [0.29, 0.717) is 5.82 Å². The standard InChI is InChI=1S/C18H21BrN2O2/c1-12-8-9-20-16(10-12)21(17(22)23-18(3,4)5)15-7-6-14(19)11-13(15)2/h6-11H,1-5H3. The quantitative estimate of drug-likeness (QED) is 0.691. The number of amides is 1. The summed E-state index contributed by atoms with van der Waals surface area (Å²) in [6.45, 7) is 9.46. The molecule has 0 spiro atoms. The first-order chi connectivity index (χ1) is 10.7. The van der Waals surface area contributed by atoms with Crippen molar-refractivity contribution in [3.05, 3.63) is 52.1 Å². The van der Waals surface area contributed by atoms with Crippen LogP contribution in [0, 0.1) is 13.8 Å². The zero-order valence-corrected chi connectivity index (χ0v) is 15.6. The van der Waals surface area contributed by atoms with Crippen LogP contribution in [0.15, 0.2) is 41.0 Å². The molecule has 23 heavy (non-hydrogen) atoms. The number of anilines is 2. The lowest BCUT2D eigenvalue weighted by Crippen LogP contribution is -2.34. The number of carbonyl (C=O) groups excluding carboxylic acids is 1. The molecule has 0 saturated carbocycles. The van der Waals surface area contributed by atoms with E-state index in [1.807, 2.05) is 65.0 Å². The summed E-state index contributed by atoms with van der Waals surface area (Å²) in [6.07, 6.45) is 1.25. The lowest BCUT2D eigenvalue weighted by molar-refractivity contribution is 0.0598. The summed E-state index contributed by atoms with van der Waals surface area (Å²) in [6, 6.07) is 9.50. The fraction of sp³-hybridized carbons (Fsp3) is 0.333. The van der Waals surface area contributed by atoms with Crippen molar-refractivity contribution >= 4 is 33.5 Å². The first-order valence-corrected chi connectivity index (χ1v) is 8.18. The predicted molar refractivity (Wildman–Crippen MR) is 96.2 cm³/mol. The molecule has 1 aromatic heterocycles. The number of aromatic nitrogens is 1. The minimum atomic E-state index is -0.581. The Labute approximate surface area is 145 Å². The SMILES string of the molecule is Cc1ccnc(N(C(=O)OC(C)(C)C)c2ccc(Br)cc2C)c1. The van der Waals surface area contributed by atoms with Crippen molar-refractivity contribution in [2.45, 2.75) is 40.2 Å². The third kappa shape index (κ3) is 4.55. The maximum Gasteiger partial charge on any atom is 0.420 e. The van der Waals surface area contributed by atoms with Crippen LogP contribution < -0.4 is 4.90 Å². The van der Waals surface area contributed by atoms with Crippen LogP contribution in [0.2, 0.25) is 0 Å². The van der Waals surface area contributed by atoms with E-state index >= 15 is 0 Å². The summed E-state index contributed by atoms with van der Waals surface area (Å²) < 4.78 is 6.53. The van der Waals surface area contributed by atoms with E-state index in [9.17, 15) is 4.79 Å². The van der Waals surface area contributed by atoms with Gasteiger partial charge in [-0.2, -0.15) is 0 Å². The molecule has 2 rings (SSSR count). The molecule has 0 N–H and O–H groups in total. The van der Waals surface area contributed by atoms with Gasteiger partial charge < -0.3 is 4.74 Å². The maximum atomic E-state index is 12.8. The molecule has 0 aliphatic rings. The number of aryl methyl sites for hydroxylation is 2. The number of pyridine rings is 1. The number of hydrogen-bond acceptors (Lipinski definition) is 3. The summed E-state index contributed by atoms with van der Waals surface area (Å²) in [5.74, 6) is 0.546. The summed E-state index contributed by atoms with van der Waals surface area (Å²) in [4.78, 5) is 18.6. The molecule has 0 aliphatic heterocycles. The molecule has 0 unspecified atom stereocenters. The van der Waals surface area contributed by atoms with Crippen LogP contribution >= 0.6 is 15.9 Å². The van der Waals surface area contributed by atoms with E-state index in [-0.39, 0.29) is 0 Å². The van der Waals surface area contributed by atoms with Crippen LogP contribution in [0.3, 0.4) is 0 Å². The van der Waals surface area contributed by atoms with Gasteiger partial charge in [-0.25, -0.2) is 14.7 Å². The van der Waals surface area contributed by atoms with Gasteiger partial charge in [-0.05, 0) is 76.1 Å². The van der Waals surface area contributed by atoms with E-state index in [0.717, 1.165) is 21.3 Å². The second-order valence-electron chi connectivity index (χ2n) is 6.44. The molecule has 0 fully saturated rings. The van der Waals surface area contributed by atoms with Gasteiger partial charge in [-0.1, -0.05) is 15.9 Å². The average Bonchev–Trinajstić information content (AvgIpc) is 2.39. The van der Waals surface area contributed by atoms with E-state index in [4.69, 9.17) is 4.74 Å². The highest BCUT2D eigenvalue weighted by Crippen LogP contribution is 2.31. The van der Waals surface area contributed by atoms with Crippen molar-refractivity contribution in [2.75, 3.05) is 4.90 Å². The second kappa shape index (κ2) is 6.71. The smallest absolute Gasteiger partial charge is 0.420 e. The van der Waals surface area contributed by atoms with Crippen molar-refractivity contribution in [1.82, 2.24) is 4.98 Å². The molecule has 122 valence electrons. The first-order valence-electron chi connectivity index (χ1n) is 7.39. The van der Waals surface area contributed by atoms with Gasteiger partial charge in [-0.3, -0.25) is 0 Å². The Morgan fingerprint density at radius 1 is 1.17 bits per heavy atom. The first kappa shape index (κ1) is 17.5. The highest BCUT2D eigenvalue weighted by molar-refractivity contribution is 9.10. The third-order valence-corrected chi connectivity index (χ3v) is 3.60. The number of nitrogens with zero attached hydrogens (tertiary/aromatic N) is 2. The Kier molecular flexibility index (Phi) is 5.09. The van der Waals surface area contributed by atoms with Crippen LogP contribution in [-0.4, -0.2) is 16.7 Å². The number of carbonyl (C=O) groups is 1. The molecule has 1 amide bonds. The molecule has 4 nitrogen and oxygen atoms in total. The number of hydrogen-bond donors (Lipinski definition) is 0. The minimum Gasteiger partial charge on any atom is -0.443 e. The summed E-state index contributed by atoms with van der Waals surface area (Å²) in [7, 11) is 0. The molecular weight excluding hydrogens is 356 g/mol. The highest BCUT2D eigenvalue weighted by Gasteiger charge is 2.26. The van der Waals surface area contributed by atoms with Crippen LogP contribution in [0.5, 0.6) is 0 Å². The van der Waals surface area contributed by atoms with Crippen molar-refractivity contribution in [1.29, 1.82) is 0 Å². The molecule has 1 aromatic carbocycles. The Morgan fingerprint density at radius 3 is 2.43 bits per heavy atom. The van der Waals surface area contributed by atoms with Crippen molar-refractivity contribution in [3.8, 4) is 0 Å². The van der Waals surface area contributed by atoms with Crippen LogP contribution in [0.25, 0.3) is 0 Å². The fourth-order valence-electron chi connectivity index (χ4n) is 2.14. The van der Waals surface area contributed by atoms with E-state index in [2.05, 4.69) is 20.9 Å². The Bertz CT molecular complexity index is 723. The zero-order valence-electron chi connectivity index (χ0n) is 14.1. The van der Waals surface area contributed by atoms with E-state index < -0.39 is 11.7 Å². The third-order valence-electron chi connectivity index (χ3n) is 3.11. The van der Waals surface area contributed by atoms with Crippen molar-refractivity contribution in [3.63, 3.8) is 0 Å². The molecule has 0 atom stereocenters. The summed E-state index contributed by atoms with van der Waals surface area (Å²) in [5.41, 5.74) is 2.15. The van der Waals surface area contributed by atoms with Gasteiger partial charge in [0, 0.05) is 10.7 Å². The van der Waals surface area contributed by atoms with Gasteiger partial charge in [0.2, 0.25) is 0 Å². The molecule has 2 aromatic rings. The zero-order chi connectivity index (χ0) is 17.2. The number of benzene rings is 1. The Hall–Kier alpha value is -1.88. The molecule has 5 heteroatoms. The number of ether oxygens (including phenoxy) is 1. The van der Waals surface area contributed by atoms with Crippen molar-refractivity contribution in [2.24, 2.45) is 0 Å². The van der Waals surface area contributed by atoms with Crippen molar-refractivity contribution < 1.29 is 9.53 Å². The molecule has 0 bridgehead atoms. The predicted octanol–water partition coefficient (Wildman–Crippen LogP) is 5.53. The Morgan fingerprint density at radius 2 is 1.87 bits per heavy atom. The summed E-state index contributed by atoms with van der Waals surface area (Å²) >= 11 is 3.45. The molecule has 0 saturated heterocycles. The summed E-state index contributed by atoms with van der Waals surface area (Å²) in [5, 5.41) is 0. The van der Waals surface area contributed by atoms with Gasteiger partial charge in [0.05, 0.1) is 5.69 Å². The van der Waals surface area contributed by atoms with Crippen LogP contribution in [-0.2, 0) is 4.74 Å². The normalized spacial score (nSPS) is 11.2. The fourth-order valence-corrected chi connectivity index (χ4v) is 2.61. The average molecular weight is 377 g/mol. The lowest BCUT2D eigenvalue weighted by atomic mass is 10.1. The van der Waals surface area contributed by atoms with Crippen LogP contribution in [0.1, 0.15) is 31.9 Å². The van der Waals surface area contributed by atoms with Gasteiger partial charge in [0.25, 0.3) is 0 Å².